The number of aliphatic imine (C=N–C) groups is 1. The van der Waals surface area contributed by atoms with E-state index in [-0.39, 0.29) is 0 Å². The van der Waals surface area contributed by atoms with Gasteiger partial charge in [0.1, 0.15) is 5.75 Å². The molecule has 0 atom stereocenters. The fourth-order valence-corrected chi connectivity index (χ4v) is 3.36. The predicted molar refractivity (Wildman–Crippen MR) is 85.7 cm³/mol. The molecule has 0 radical (unpaired) electrons. The number of ether oxygens (including phenoxy) is 1. The summed E-state index contributed by atoms with van der Waals surface area (Å²) < 4.78 is 5.22. The van der Waals surface area contributed by atoms with Gasteiger partial charge in [-0.05, 0) is 36.8 Å². The van der Waals surface area contributed by atoms with E-state index >= 15 is 0 Å². The summed E-state index contributed by atoms with van der Waals surface area (Å²) in [7, 11) is 1.69. The molecule has 0 spiro atoms. The van der Waals surface area contributed by atoms with E-state index in [1.54, 1.807) is 7.11 Å². The average molecular weight is 286 g/mol. The van der Waals surface area contributed by atoms with Gasteiger partial charge in [-0.15, -0.1) is 11.3 Å². The van der Waals surface area contributed by atoms with Gasteiger partial charge in [-0.25, -0.2) is 0 Å². The lowest BCUT2D eigenvalue weighted by atomic mass is 10.0. The Balaban J connectivity index is 2.03. The summed E-state index contributed by atoms with van der Waals surface area (Å²) in [4.78, 5) is 6.15. The second kappa shape index (κ2) is 5.67. The number of benzene rings is 1. The van der Waals surface area contributed by atoms with Crippen LogP contribution in [0.3, 0.4) is 0 Å². The number of rotatable bonds is 3. The van der Waals surface area contributed by atoms with E-state index in [0.717, 1.165) is 36.5 Å². The van der Waals surface area contributed by atoms with Gasteiger partial charge < -0.3 is 10.1 Å². The lowest BCUT2D eigenvalue weighted by Gasteiger charge is -2.06. The maximum absolute atomic E-state index is 5.22. The number of anilines is 1. The first kappa shape index (κ1) is 13.2. The molecule has 104 valence electrons. The molecule has 0 saturated heterocycles. The molecule has 2 aromatic rings. The van der Waals surface area contributed by atoms with Gasteiger partial charge in [-0.3, -0.25) is 4.99 Å². The maximum Gasteiger partial charge on any atom is 0.118 e. The third-order valence-corrected chi connectivity index (χ3v) is 4.65. The van der Waals surface area contributed by atoms with E-state index in [1.807, 2.05) is 23.5 Å². The summed E-state index contributed by atoms with van der Waals surface area (Å²) in [6.07, 6.45) is 1.06. The van der Waals surface area contributed by atoms with Crippen LogP contribution >= 0.6 is 11.3 Å². The van der Waals surface area contributed by atoms with Crippen LogP contribution in [0.1, 0.15) is 22.9 Å². The Morgan fingerprint density at radius 3 is 2.80 bits per heavy atom. The summed E-state index contributed by atoms with van der Waals surface area (Å²) in [6, 6.07) is 10.4. The van der Waals surface area contributed by atoms with Gasteiger partial charge in [-0.2, -0.15) is 0 Å². The van der Waals surface area contributed by atoms with Crippen molar-refractivity contribution < 1.29 is 4.74 Å². The maximum atomic E-state index is 5.22. The molecule has 0 unspecified atom stereocenters. The zero-order valence-electron chi connectivity index (χ0n) is 11.8. The number of nitrogens with zero attached hydrogens (tertiary/aromatic N) is 1. The summed E-state index contributed by atoms with van der Waals surface area (Å²) >= 11 is 1.84. The summed E-state index contributed by atoms with van der Waals surface area (Å²) in [5.74, 6) is 0.876. The largest absolute Gasteiger partial charge is 0.497 e. The highest BCUT2D eigenvalue weighted by Crippen LogP contribution is 2.32. The zero-order valence-corrected chi connectivity index (χ0v) is 12.6. The van der Waals surface area contributed by atoms with Gasteiger partial charge in [0.2, 0.25) is 0 Å². The van der Waals surface area contributed by atoms with E-state index in [2.05, 4.69) is 30.4 Å². The number of methoxy groups -OCH3 is 1. The molecule has 1 aromatic heterocycles. The Morgan fingerprint density at radius 2 is 2.10 bits per heavy atom. The van der Waals surface area contributed by atoms with Crippen molar-refractivity contribution in [3.63, 3.8) is 0 Å². The molecule has 1 aliphatic heterocycles. The van der Waals surface area contributed by atoms with E-state index in [4.69, 9.17) is 9.73 Å². The zero-order chi connectivity index (χ0) is 13.9. The van der Waals surface area contributed by atoms with Crippen LogP contribution in [0.15, 0.2) is 35.3 Å². The van der Waals surface area contributed by atoms with Gasteiger partial charge in [0, 0.05) is 22.5 Å². The summed E-state index contributed by atoms with van der Waals surface area (Å²) in [5.41, 5.74) is 3.47. The topological polar surface area (TPSA) is 33.6 Å². The fraction of sp³-hybridized carbons (Fsp3) is 0.312. The second-order valence-electron chi connectivity index (χ2n) is 4.69. The molecule has 4 heteroatoms. The average Bonchev–Trinajstić information content (AvgIpc) is 2.81. The molecule has 0 aliphatic carbocycles. The Hall–Kier alpha value is -1.81. The minimum Gasteiger partial charge on any atom is -0.497 e. The SMILES string of the molecule is CCc1cc2c(s1)NCCN=C2c1ccc(OC)cc1. The molecule has 3 nitrogen and oxygen atoms in total. The monoisotopic (exact) mass is 286 g/mol. The molecule has 1 aliphatic rings. The molecule has 0 bridgehead atoms. The quantitative estimate of drug-likeness (QED) is 0.935. The molecule has 1 aromatic carbocycles. The van der Waals surface area contributed by atoms with Gasteiger partial charge in [-0.1, -0.05) is 6.92 Å². The molecule has 3 rings (SSSR count). The Morgan fingerprint density at radius 1 is 1.30 bits per heavy atom. The fourth-order valence-electron chi connectivity index (χ4n) is 2.34. The van der Waals surface area contributed by atoms with E-state index in [9.17, 15) is 0 Å². The molecule has 0 fully saturated rings. The predicted octanol–water partition coefficient (Wildman–Crippen LogP) is 3.58. The molecule has 0 saturated carbocycles. The van der Waals surface area contributed by atoms with E-state index < -0.39 is 0 Å². The lowest BCUT2D eigenvalue weighted by Crippen LogP contribution is -2.02. The first-order valence-corrected chi connectivity index (χ1v) is 7.69. The normalized spacial score (nSPS) is 14.0. The molecular formula is C16H18N2OS. The molecule has 0 amide bonds. The second-order valence-corrected chi connectivity index (χ2v) is 5.83. The lowest BCUT2D eigenvalue weighted by molar-refractivity contribution is 0.415. The number of hydrogen-bond donors (Lipinski definition) is 1. The number of hydrogen-bond acceptors (Lipinski definition) is 4. The number of aryl methyl sites for hydroxylation is 1. The van der Waals surface area contributed by atoms with Crippen molar-refractivity contribution in [2.24, 2.45) is 4.99 Å². The molecule has 1 N–H and O–H groups in total. The van der Waals surface area contributed by atoms with Crippen LogP contribution in [-0.2, 0) is 6.42 Å². The van der Waals surface area contributed by atoms with Crippen molar-refractivity contribution in [3.05, 3.63) is 46.3 Å². The van der Waals surface area contributed by atoms with Crippen molar-refractivity contribution in [1.29, 1.82) is 0 Å². The van der Waals surface area contributed by atoms with Crippen LogP contribution in [0.25, 0.3) is 0 Å². The molecule has 20 heavy (non-hydrogen) atoms. The van der Waals surface area contributed by atoms with Crippen molar-refractivity contribution in [1.82, 2.24) is 0 Å². The minimum absolute atomic E-state index is 0.810. The van der Waals surface area contributed by atoms with Crippen LogP contribution < -0.4 is 10.1 Å². The van der Waals surface area contributed by atoms with Crippen molar-refractivity contribution in [3.8, 4) is 5.75 Å². The number of thiophene rings is 1. The summed E-state index contributed by atoms with van der Waals surface area (Å²) in [5, 5.41) is 4.73. The Bertz CT molecular complexity index is 628. The first-order chi connectivity index (χ1) is 9.81. The van der Waals surface area contributed by atoms with Crippen LogP contribution in [-0.4, -0.2) is 25.9 Å². The molecule has 2 heterocycles. The van der Waals surface area contributed by atoms with Gasteiger partial charge in [0.15, 0.2) is 0 Å². The number of fused-ring (bicyclic) bond motifs is 1. The van der Waals surface area contributed by atoms with Crippen LogP contribution in [0.5, 0.6) is 5.75 Å². The third kappa shape index (κ3) is 2.43. The van der Waals surface area contributed by atoms with Crippen LogP contribution in [0, 0.1) is 0 Å². The Labute approximate surface area is 123 Å². The van der Waals surface area contributed by atoms with E-state index in [1.165, 1.54) is 15.4 Å². The highest BCUT2D eigenvalue weighted by atomic mass is 32.1. The standard InChI is InChI=1S/C16H18N2OS/c1-3-13-10-14-15(17-8-9-18-16(14)20-13)11-4-6-12(19-2)7-5-11/h4-7,10,18H,3,8-9H2,1-2H3. The highest BCUT2D eigenvalue weighted by Gasteiger charge is 2.17. The third-order valence-electron chi connectivity index (χ3n) is 3.42. The highest BCUT2D eigenvalue weighted by molar-refractivity contribution is 7.16. The van der Waals surface area contributed by atoms with Crippen molar-refractivity contribution in [2.45, 2.75) is 13.3 Å². The van der Waals surface area contributed by atoms with Crippen LogP contribution in [0.4, 0.5) is 5.00 Å². The van der Waals surface area contributed by atoms with Crippen molar-refractivity contribution >= 4 is 22.0 Å². The minimum atomic E-state index is 0.810. The Kier molecular flexibility index (Phi) is 3.74. The van der Waals surface area contributed by atoms with E-state index in [0.29, 0.717) is 0 Å². The van der Waals surface area contributed by atoms with Gasteiger partial charge in [0.25, 0.3) is 0 Å². The summed E-state index contributed by atoms with van der Waals surface area (Å²) in [6.45, 7) is 3.90. The van der Waals surface area contributed by atoms with Gasteiger partial charge >= 0.3 is 0 Å². The van der Waals surface area contributed by atoms with Crippen molar-refractivity contribution in [2.75, 3.05) is 25.5 Å². The number of nitrogens with one attached hydrogen (secondary N) is 1. The molecular weight excluding hydrogens is 268 g/mol. The first-order valence-electron chi connectivity index (χ1n) is 6.87. The van der Waals surface area contributed by atoms with Gasteiger partial charge in [0.05, 0.1) is 24.4 Å². The smallest absolute Gasteiger partial charge is 0.118 e. The van der Waals surface area contributed by atoms with Crippen LogP contribution in [0.2, 0.25) is 0 Å².